The number of amides is 1. The molecular formula is C21H21FN3O3+. The third-order valence-electron chi connectivity index (χ3n) is 5.00. The van der Waals surface area contributed by atoms with Gasteiger partial charge in [-0.25, -0.2) is 4.39 Å². The van der Waals surface area contributed by atoms with Crippen molar-refractivity contribution >= 4 is 16.9 Å². The van der Waals surface area contributed by atoms with Gasteiger partial charge in [0.1, 0.15) is 11.4 Å². The summed E-state index contributed by atoms with van der Waals surface area (Å²) in [6, 6.07) is 6.77. The van der Waals surface area contributed by atoms with Gasteiger partial charge >= 0.3 is 0 Å². The molecule has 1 aliphatic heterocycles. The molecule has 3 aromatic rings. The lowest BCUT2D eigenvalue weighted by atomic mass is 10.00. The lowest BCUT2D eigenvalue weighted by molar-refractivity contribution is -0.858. The largest absolute Gasteiger partial charge is 0.450 e. The molecule has 144 valence electrons. The van der Waals surface area contributed by atoms with Crippen molar-refractivity contribution in [1.29, 1.82) is 0 Å². The fraction of sp³-hybridized carbons (Fsp3) is 0.286. The van der Waals surface area contributed by atoms with Crippen LogP contribution in [0.15, 0.2) is 51.9 Å². The average Bonchev–Trinajstić information content (AvgIpc) is 2.95. The van der Waals surface area contributed by atoms with E-state index in [0.717, 1.165) is 24.6 Å². The second-order valence-electron chi connectivity index (χ2n) is 7.31. The van der Waals surface area contributed by atoms with E-state index in [1.54, 1.807) is 23.4 Å². The van der Waals surface area contributed by atoms with Crippen LogP contribution in [0.3, 0.4) is 0 Å². The molecule has 1 amide bonds. The number of rotatable bonds is 5. The number of hydrogen-bond donors (Lipinski definition) is 1. The highest BCUT2D eigenvalue weighted by Crippen LogP contribution is 2.37. The zero-order valence-corrected chi connectivity index (χ0v) is 15.7. The van der Waals surface area contributed by atoms with Crippen LogP contribution < -0.4 is 10.3 Å². The minimum atomic E-state index is -0.586. The number of benzene rings is 1. The van der Waals surface area contributed by atoms with Gasteiger partial charge in [0, 0.05) is 25.4 Å². The van der Waals surface area contributed by atoms with E-state index < -0.39 is 11.9 Å². The normalized spacial score (nSPS) is 16.2. The third kappa shape index (κ3) is 3.07. The van der Waals surface area contributed by atoms with Gasteiger partial charge in [-0.1, -0.05) is 6.07 Å². The fourth-order valence-electron chi connectivity index (χ4n) is 3.71. The maximum atomic E-state index is 13.7. The van der Waals surface area contributed by atoms with Gasteiger partial charge in [-0.3, -0.25) is 14.6 Å². The Balaban J connectivity index is 1.88. The van der Waals surface area contributed by atoms with Crippen LogP contribution in [-0.4, -0.2) is 43.0 Å². The molecule has 2 aromatic heterocycles. The number of halogens is 1. The predicted molar refractivity (Wildman–Crippen MR) is 102 cm³/mol. The molecule has 6 nitrogen and oxygen atoms in total. The Morgan fingerprint density at radius 3 is 2.79 bits per heavy atom. The van der Waals surface area contributed by atoms with E-state index in [-0.39, 0.29) is 33.6 Å². The monoisotopic (exact) mass is 382 g/mol. The van der Waals surface area contributed by atoms with Gasteiger partial charge in [0.2, 0.25) is 5.76 Å². The topological polar surface area (TPSA) is 67.8 Å². The molecule has 7 heteroatoms. The first-order chi connectivity index (χ1) is 13.5. The molecule has 0 saturated heterocycles. The zero-order chi connectivity index (χ0) is 19.8. The quantitative estimate of drug-likeness (QED) is 0.725. The summed E-state index contributed by atoms with van der Waals surface area (Å²) in [6.45, 7) is 1.37. The van der Waals surface area contributed by atoms with Crippen molar-refractivity contribution in [1.82, 2.24) is 9.88 Å². The molecule has 1 aliphatic rings. The van der Waals surface area contributed by atoms with E-state index in [4.69, 9.17) is 4.42 Å². The van der Waals surface area contributed by atoms with Crippen LogP contribution in [0.2, 0.25) is 0 Å². The van der Waals surface area contributed by atoms with E-state index in [1.807, 2.05) is 20.2 Å². The Kier molecular flexibility index (Phi) is 4.68. The number of nitrogens with one attached hydrogen (secondary N) is 1. The molecular weight excluding hydrogens is 361 g/mol. The molecule has 4 rings (SSSR count). The number of pyridine rings is 1. The highest BCUT2D eigenvalue weighted by Gasteiger charge is 2.42. The van der Waals surface area contributed by atoms with Crippen molar-refractivity contribution in [2.75, 3.05) is 27.2 Å². The average molecular weight is 382 g/mol. The molecule has 0 saturated carbocycles. The standard InChI is InChI=1S/C21H20FN3O3/c1-24(2)9-4-10-25-18(13-5-3-8-23-12-13)17-19(26)15-11-14(22)6-7-16(15)28-20(17)21(25)27/h3,5-8,11-12,18H,4,9-10H2,1-2H3/p+1/t18-/m0/s1. The van der Waals surface area contributed by atoms with Crippen molar-refractivity contribution in [2.24, 2.45) is 0 Å². The SMILES string of the molecule is C[NH+](C)CCCN1C(=O)c2oc3ccc(F)cc3c(=O)c2[C@@H]1c1cccnc1. The molecule has 28 heavy (non-hydrogen) atoms. The minimum Gasteiger partial charge on any atom is -0.450 e. The van der Waals surface area contributed by atoms with Crippen LogP contribution >= 0.6 is 0 Å². The summed E-state index contributed by atoms with van der Waals surface area (Å²) in [5.74, 6) is -0.802. The Morgan fingerprint density at radius 2 is 2.07 bits per heavy atom. The minimum absolute atomic E-state index is 0.0372. The van der Waals surface area contributed by atoms with Gasteiger partial charge in [0.05, 0.1) is 37.6 Å². The van der Waals surface area contributed by atoms with E-state index in [1.165, 1.54) is 17.0 Å². The third-order valence-corrected chi connectivity index (χ3v) is 5.00. The Bertz CT molecular complexity index is 1100. The second kappa shape index (κ2) is 7.16. The summed E-state index contributed by atoms with van der Waals surface area (Å²) < 4.78 is 19.5. The van der Waals surface area contributed by atoms with Crippen molar-refractivity contribution in [2.45, 2.75) is 12.5 Å². The van der Waals surface area contributed by atoms with Gasteiger partial charge in [-0.05, 0) is 29.8 Å². The lowest BCUT2D eigenvalue weighted by Gasteiger charge is -2.25. The van der Waals surface area contributed by atoms with Crippen molar-refractivity contribution in [3.8, 4) is 0 Å². The smallest absolute Gasteiger partial charge is 0.290 e. The predicted octanol–water partition coefficient (Wildman–Crippen LogP) is 1.41. The van der Waals surface area contributed by atoms with Gasteiger partial charge in [-0.2, -0.15) is 0 Å². The molecule has 0 unspecified atom stereocenters. The number of quaternary nitrogens is 1. The number of aromatic nitrogens is 1. The second-order valence-corrected chi connectivity index (χ2v) is 7.31. The molecule has 3 heterocycles. The first-order valence-electron chi connectivity index (χ1n) is 9.23. The number of nitrogens with zero attached hydrogens (tertiary/aromatic N) is 2. The Labute approximate surface area is 161 Å². The number of carbonyl (C=O) groups is 1. The molecule has 1 N–H and O–H groups in total. The lowest BCUT2D eigenvalue weighted by Crippen LogP contribution is -3.05. The van der Waals surface area contributed by atoms with Gasteiger partial charge < -0.3 is 14.2 Å². The van der Waals surface area contributed by atoms with Gasteiger partial charge in [0.25, 0.3) is 5.91 Å². The highest BCUT2D eigenvalue weighted by atomic mass is 19.1. The van der Waals surface area contributed by atoms with Crippen LogP contribution in [0, 0.1) is 5.82 Å². The summed E-state index contributed by atoms with van der Waals surface area (Å²) in [4.78, 5) is 33.4. The Morgan fingerprint density at radius 1 is 1.25 bits per heavy atom. The van der Waals surface area contributed by atoms with E-state index in [9.17, 15) is 14.0 Å². The molecule has 0 spiro atoms. The molecule has 0 aliphatic carbocycles. The number of hydrogen-bond acceptors (Lipinski definition) is 4. The van der Waals surface area contributed by atoms with Crippen molar-refractivity contribution in [3.05, 3.63) is 75.7 Å². The summed E-state index contributed by atoms with van der Waals surface area (Å²) in [5, 5.41) is 0.139. The maximum Gasteiger partial charge on any atom is 0.290 e. The summed E-state index contributed by atoms with van der Waals surface area (Å²) in [7, 11) is 4.09. The van der Waals surface area contributed by atoms with Crippen molar-refractivity contribution in [3.63, 3.8) is 0 Å². The van der Waals surface area contributed by atoms with Crippen LogP contribution in [0.1, 0.15) is 34.1 Å². The summed E-state index contributed by atoms with van der Waals surface area (Å²) in [5.41, 5.74) is 0.824. The molecule has 0 bridgehead atoms. The fourth-order valence-corrected chi connectivity index (χ4v) is 3.71. The van der Waals surface area contributed by atoms with Crippen LogP contribution in [-0.2, 0) is 0 Å². The number of fused-ring (bicyclic) bond motifs is 2. The van der Waals surface area contributed by atoms with Crippen LogP contribution in [0.4, 0.5) is 4.39 Å². The van der Waals surface area contributed by atoms with E-state index >= 15 is 0 Å². The first-order valence-corrected chi connectivity index (χ1v) is 9.23. The van der Waals surface area contributed by atoms with E-state index in [0.29, 0.717) is 6.54 Å². The van der Waals surface area contributed by atoms with Gasteiger partial charge in [0.15, 0.2) is 5.43 Å². The van der Waals surface area contributed by atoms with Crippen molar-refractivity contribution < 1.29 is 18.5 Å². The van der Waals surface area contributed by atoms with Gasteiger partial charge in [-0.15, -0.1) is 0 Å². The highest BCUT2D eigenvalue weighted by molar-refractivity contribution is 5.99. The van der Waals surface area contributed by atoms with Crippen LogP contribution in [0.5, 0.6) is 0 Å². The van der Waals surface area contributed by atoms with Crippen LogP contribution in [0.25, 0.3) is 11.0 Å². The summed E-state index contributed by atoms with van der Waals surface area (Å²) in [6.07, 6.45) is 4.06. The molecule has 0 radical (unpaired) electrons. The zero-order valence-electron chi connectivity index (χ0n) is 15.7. The summed E-state index contributed by atoms with van der Waals surface area (Å²) >= 11 is 0. The molecule has 1 aromatic carbocycles. The number of carbonyl (C=O) groups excluding carboxylic acids is 1. The maximum absolute atomic E-state index is 13.7. The molecule has 1 atom stereocenters. The Hall–Kier alpha value is -3.06. The van der Waals surface area contributed by atoms with E-state index in [2.05, 4.69) is 4.98 Å². The first kappa shape index (κ1) is 18.3. The molecule has 0 fully saturated rings.